The number of fused-ring (bicyclic) bond motifs is 3. The molecule has 0 unspecified atom stereocenters. The summed E-state index contributed by atoms with van der Waals surface area (Å²) in [6.07, 6.45) is -0.765. The molecule has 0 saturated carbocycles. The van der Waals surface area contributed by atoms with E-state index in [4.69, 9.17) is 9.84 Å². The maximum atomic E-state index is 12.3. The minimum Gasteiger partial charge on any atom is -0.480 e. The van der Waals surface area contributed by atoms with Gasteiger partial charge in [0.25, 0.3) is 11.9 Å². The number of hydrogen-bond donors (Lipinski definition) is 3. The van der Waals surface area contributed by atoms with Crippen LogP contribution in [-0.4, -0.2) is 63.4 Å². The van der Waals surface area contributed by atoms with E-state index in [1.54, 1.807) is 0 Å². The molecule has 31 heavy (non-hydrogen) atoms. The van der Waals surface area contributed by atoms with Crippen molar-refractivity contribution in [2.24, 2.45) is 0 Å². The van der Waals surface area contributed by atoms with Crippen LogP contribution in [0.5, 0.6) is 0 Å². The molecular formula is C21H19N5O5. The molecule has 0 aliphatic heterocycles. The molecule has 4 rings (SSSR count). The zero-order valence-corrected chi connectivity index (χ0v) is 16.5. The smallest absolute Gasteiger partial charge is 0.414 e. The van der Waals surface area contributed by atoms with Crippen molar-refractivity contribution < 1.29 is 24.2 Å². The van der Waals surface area contributed by atoms with Crippen LogP contribution in [-0.2, 0) is 9.53 Å². The molecule has 158 valence electrons. The molecule has 3 aromatic rings. The van der Waals surface area contributed by atoms with Crippen molar-refractivity contribution in [3.63, 3.8) is 0 Å². The van der Waals surface area contributed by atoms with Crippen LogP contribution in [0.25, 0.3) is 11.1 Å². The number of amides is 2. The van der Waals surface area contributed by atoms with Crippen LogP contribution in [0.15, 0.2) is 48.5 Å². The number of aromatic amines is 1. The van der Waals surface area contributed by atoms with Crippen LogP contribution in [0.1, 0.15) is 27.7 Å². The molecule has 0 saturated heterocycles. The molecule has 1 aliphatic carbocycles. The highest BCUT2D eigenvalue weighted by Gasteiger charge is 2.29. The van der Waals surface area contributed by atoms with Crippen molar-refractivity contribution in [3.05, 3.63) is 65.5 Å². The number of nitrogens with zero attached hydrogens (tertiary/aromatic N) is 3. The highest BCUT2D eigenvalue weighted by Crippen LogP contribution is 2.44. The van der Waals surface area contributed by atoms with Gasteiger partial charge in [0.1, 0.15) is 13.2 Å². The fraction of sp³-hybridized carbons (Fsp3) is 0.190. The summed E-state index contributed by atoms with van der Waals surface area (Å²) in [5, 5.41) is 17.2. The average Bonchev–Trinajstić information content (AvgIpc) is 3.34. The molecule has 1 aromatic heterocycles. The predicted molar refractivity (Wildman–Crippen MR) is 110 cm³/mol. The van der Waals surface area contributed by atoms with Gasteiger partial charge in [-0.05, 0) is 22.3 Å². The molecule has 10 nitrogen and oxygen atoms in total. The van der Waals surface area contributed by atoms with Crippen LogP contribution in [0.4, 0.5) is 10.7 Å². The van der Waals surface area contributed by atoms with Crippen molar-refractivity contribution in [1.29, 1.82) is 0 Å². The van der Waals surface area contributed by atoms with Gasteiger partial charge < -0.3 is 14.7 Å². The van der Waals surface area contributed by atoms with Gasteiger partial charge in [-0.3, -0.25) is 20.0 Å². The van der Waals surface area contributed by atoms with Crippen molar-refractivity contribution in [2.75, 3.05) is 25.5 Å². The molecule has 2 aromatic carbocycles. The van der Waals surface area contributed by atoms with E-state index in [-0.39, 0.29) is 24.3 Å². The SMILES string of the molecule is CN(CC(=O)O)C(=O)c1nc(NC(=O)OCC2c3ccccc3-c3ccccc32)n[nH]1. The molecule has 3 N–H and O–H groups in total. The van der Waals surface area contributed by atoms with Crippen LogP contribution >= 0.6 is 0 Å². The predicted octanol–water partition coefficient (Wildman–Crippen LogP) is 2.32. The molecule has 0 spiro atoms. The Hall–Kier alpha value is -4.21. The van der Waals surface area contributed by atoms with Gasteiger partial charge in [0.2, 0.25) is 5.82 Å². The third kappa shape index (κ3) is 4.08. The number of carboxylic acids is 1. The van der Waals surface area contributed by atoms with E-state index in [9.17, 15) is 14.4 Å². The van der Waals surface area contributed by atoms with Gasteiger partial charge in [-0.1, -0.05) is 48.5 Å². The fourth-order valence-corrected chi connectivity index (χ4v) is 3.59. The standard InChI is InChI=1S/C21H19N5O5/c1-26(10-17(27)28)19(29)18-22-20(25-24-18)23-21(30)31-11-16-14-8-4-2-6-12(14)13-7-3-5-9-15(13)16/h2-9,16H,10-11H2,1H3,(H,27,28)(H2,22,23,24,25,30). The number of carbonyl (C=O) groups excluding carboxylic acids is 2. The molecule has 0 radical (unpaired) electrons. The maximum Gasteiger partial charge on any atom is 0.414 e. The van der Waals surface area contributed by atoms with Gasteiger partial charge in [0.05, 0.1) is 0 Å². The molecule has 1 heterocycles. The first kappa shape index (κ1) is 20.1. The minimum atomic E-state index is -1.16. The topological polar surface area (TPSA) is 138 Å². The number of hydrogen-bond acceptors (Lipinski definition) is 6. The molecule has 10 heteroatoms. The zero-order chi connectivity index (χ0) is 22.0. The molecule has 1 aliphatic rings. The van der Waals surface area contributed by atoms with E-state index in [2.05, 4.69) is 20.5 Å². The number of aliphatic carboxylic acids is 1. The lowest BCUT2D eigenvalue weighted by Crippen LogP contribution is -2.32. The summed E-state index contributed by atoms with van der Waals surface area (Å²) in [5.74, 6) is -2.27. The highest BCUT2D eigenvalue weighted by atomic mass is 16.5. The minimum absolute atomic E-state index is 0.0906. The summed E-state index contributed by atoms with van der Waals surface area (Å²) in [6.45, 7) is -0.369. The van der Waals surface area contributed by atoms with Gasteiger partial charge in [-0.25, -0.2) is 4.79 Å². The molecule has 0 bridgehead atoms. The summed E-state index contributed by atoms with van der Waals surface area (Å²) in [4.78, 5) is 39.9. The normalized spacial score (nSPS) is 12.0. The van der Waals surface area contributed by atoms with E-state index in [1.165, 1.54) is 7.05 Å². The first-order valence-electron chi connectivity index (χ1n) is 9.45. The summed E-state index contributed by atoms with van der Waals surface area (Å²) >= 11 is 0. The lowest BCUT2D eigenvalue weighted by molar-refractivity contribution is -0.137. The third-order valence-electron chi connectivity index (χ3n) is 4.96. The Morgan fingerprint density at radius 3 is 2.32 bits per heavy atom. The van der Waals surface area contributed by atoms with Gasteiger partial charge >= 0.3 is 12.1 Å². The lowest BCUT2D eigenvalue weighted by Gasteiger charge is -2.14. The number of aromatic nitrogens is 3. The van der Waals surface area contributed by atoms with Crippen molar-refractivity contribution in [3.8, 4) is 11.1 Å². The van der Waals surface area contributed by atoms with Crippen LogP contribution < -0.4 is 5.32 Å². The monoisotopic (exact) mass is 421 g/mol. The Balaban J connectivity index is 1.39. The Labute approximate surface area is 176 Å². The highest BCUT2D eigenvalue weighted by molar-refractivity contribution is 5.93. The second kappa shape index (κ2) is 8.27. The van der Waals surface area contributed by atoms with Crippen LogP contribution in [0, 0.1) is 0 Å². The van der Waals surface area contributed by atoms with Crippen LogP contribution in [0.2, 0.25) is 0 Å². The number of rotatable bonds is 6. The van der Waals surface area contributed by atoms with Gasteiger partial charge in [-0.2, -0.15) is 4.98 Å². The van der Waals surface area contributed by atoms with Crippen molar-refractivity contribution in [2.45, 2.75) is 5.92 Å². The van der Waals surface area contributed by atoms with E-state index >= 15 is 0 Å². The second-order valence-electron chi connectivity index (χ2n) is 7.01. The molecule has 2 amide bonds. The molecule has 0 atom stereocenters. The summed E-state index contributed by atoms with van der Waals surface area (Å²) in [7, 11) is 1.32. The average molecular weight is 421 g/mol. The summed E-state index contributed by atoms with van der Waals surface area (Å²) in [5.41, 5.74) is 4.41. The third-order valence-corrected chi connectivity index (χ3v) is 4.96. The van der Waals surface area contributed by atoms with Crippen molar-refractivity contribution >= 4 is 23.9 Å². The quantitative estimate of drug-likeness (QED) is 0.555. The second-order valence-corrected chi connectivity index (χ2v) is 7.01. The fourth-order valence-electron chi connectivity index (χ4n) is 3.59. The number of carboxylic acid groups (broad SMARTS) is 1. The van der Waals surface area contributed by atoms with E-state index < -0.39 is 24.5 Å². The zero-order valence-electron chi connectivity index (χ0n) is 16.5. The van der Waals surface area contributed by atoms with Crippen LogP contribution in [0.3, 0.4) is 0 Å². The Bertz CT molecular complexity index is 1110. The number of carbonyl (C=O) groups is 3. The van der Waals surface area contributed by atoms with E-state index in [0.29, 0.717) is 0 Å². The summed E-state index contributed by atoms with van der Waals surface area (Å²) in [6, 6.07) is 16.0. The first-order chi connectivity index (χ1) is 14.9. The summed E-state index contributed by atoms with van der Waals surface area (Å²) < 4.78 is 5.40. The maximum absolute atomic E-state index is 12.3. The molecule has 0 fully saturated rings. The number of H-pyrrole nitrogens is 1. The largest absolute Gasteiger partial charge is 0.480 e. The van der Waals surface area contributed by atoms with Crippen molar-refractivity contribution in [1.82, 2.24) is 20.1 Å². The van der Waals surface area contributed by atoms with E-state index in [0.717, 1.165) is 27.2 Å². The molecular weight excluding hydrogens is 402 g/mol. The number of benzene rings is 2. The Morgan fingerprint density at radius 1 is 1.10 bits per heavy atom. The number of anilines is 1. The Morgan fingerprint density at radius 2 is 1.71 bits per heavy atom. The van der Waals surface area contributed by atoms with E-state index in [1.807, 2.05) is 48.5 Å². The number of likely N-dealkylation sites (N-methyl/N-ethyl adjacent to an activating group) is 1. The lowest BCUT2D eigenvalue weighted by atomic mass is 9.98. The first-order valence-corrected chi connectivity index (χ1v) is 9.45. The van der Waals surface area contributed by atoms with Gasteiger partial charge in [-0.15, -0.1) is 5.10 Å². The number of nitrogens with one attached hydrogen (secondary N) is 2. The van der Waals surface area contributed by atoms with Gasteiger partial charge in [0.15, 0.2) is 0 Å². The van der Waals surface area contributed by atoms with Gasteiger partial charge in [0, 0.05) is 13.0 Å². The number of ether oxygens (including phenoxy) is 1. The Kier molecular flexibility index (Phi) is 5.35.